The van der Waals surface area contributed by atoms with E-state index in [-0.39, 0.29) is 12.1 Å². The highest BCUT2D eigenvalue weighted by molar-refractivity contribution is 6.80. The molecule has 2 nitrogen and oxygen atoms in total. The van der Waals surface area contributed by atoms with Gasteiger partial charge < -0.3 is 4.74 Å². The van der Waals surface area contributed by atoms with Gasteiger partial charge in [-0.05, 0) is 67.0 Å². The maximum Gasteiger partial charge on any atom is 0.329 e. The van der Waals surface area contributed by atoms with Crippen molar-refractivity contribution < 1.29 is 9.53 Å². The Morgan fingerprint density at radius 3 is 1.33 bits per heavy atom. The topological polar surface area (TPSA) is 26.3 Å². The highest BCUT2D eigenvalue weighted by Gasteiger charge is 2.36. The Morgan fingerprint density at radius 2 is 1.03 bits per heavy atom. The number of esters is 1. The smallest absolute Gasteiger partial charge is 0.329 e. The summed E-state index contributed by atoms with van der Waals surface area (Å²) >= 11 is 0. The lowest BCUT2D eigenvalue weighted by Gasteiger charge is -2.36. The standard InChI is InChI=1S/C29H54O2Si2/c1-13-19(7)25-26(20(8)14-2)32(23(11)17-5)29(28(30)31-22(10)16-4)33(24(12)18-6)27(25)21(9)15-3/h19-24H,13-18H2,1-12H3. The Bertz CT molecular complexity index is 728. The fourth-order valence-electron chi connectivity index (χ4n) is 5.03. The summed E-state index contributed by atoms with van der Waals surface area (Å²) in [6.45, 7) is 28.0. The lowest BCUT2D eigenvalue weighted by Crippen LogP contribution is -2.36. The highest BCUT2D eigenvalue weighted by atomic mass is 28.3. The van der Waals surface area contributed by atoms with E-state index in [0.29, 0.717) is 28.8 Å². The number of rotatable bonds is 13. The number of hydrogen-bond donors (Lipinski definition) is 0. The van der Waals surface area contributed by atoms with Crippen LogP contribution in [0.15, 0.2) is 0 Å². The summed E-state index contributed by atoms with van der Waals surface area (Å²) in [5.74, 6) is 1.70. The minimum Gasteiger partial charge on any atom is -0.460 e. The zero-order valence-corrected chi connectivity index (χ0v) is 26.0. The van der Waals surface area contributed by atoms with E-state index < -0.39 is 16.8 Å². The first-order valence-corrected chi connectivity index (χ1v) is 17.1. The van der Waals surface area contributed by atoms with Crippen LogP contribution >= 0.6 is 0 Å². The van der Waals surface area contributed by atoms with Crippen molar-refractivity contribution in [3.05, 3.63) is 20.7 Å². The molecule has 0 bridgehead atoms. The van der Waals surface area contributed by atoms with Gasteiger partial charge >= 0.3 is 5.97 Å². The van der Waals surface area contributed by atoms with Gasteiger partial charge in [-0.1, -0.05) is 99.4 Å². The SMILES string of the molecule is CCC(C)OC(=O)c1[si](C(C)CC)c(C(C)CC)c(C(C)CC)c(C(C)CC)[si]1C(C)CC. The van der Waals surface area contributed by atoms with Crippen molar-refractivity contribution in [3.8, 4) is 0 Å². The fourth-order valence-corrected chi connectivity index (χ4v) is 15.4. The molecule has 0 saturated heterocycles. The van der Waals surface area contributed by atoms with Crippen LogP contribution in [-0.2, 0) is 4.74 Å². The predicted octanol–water partition coefficient (Wildman–Crippen LogP) is 9.18. The van der Waals surface area contributed by atoms with Crippen LogP contribution in [0, 0.1) is 0 Å². The molecule has 33 heavy (non-hydrogen) atoms. The van der Waals surface area contributed by atoms with Crippen molar-refractivity contribution in [2.45, 2.75) is 157 Å². The molecule has 0 aromatic carbocycles. The lowest BCUT2D eigenvalue weighted by atomic mass is 9.89. The molecule has 0 fully saturated rings. The molecule has 6 atom stereocenters. The molecular formula is C29H54O2Si2. The third-order valence-corrected chi connectivity index (χ3v) is 16.9. The van der Waals surface area contributed by atoms with Crippen LogP contribution in [0.4, 0.5) is 0 Å². The number of ether oxygens (including phenoxy) is 1. The summed E-state index contributed by atoms with van der Waals surface area (Å²) in [5.41, 5.74) is 2.82. The first-order chi connectivity index (χ1) is 15.6. The predicted molar refractivity (Wildman–Crippen MR) is 150 cm³/mol. The van der Waals surface area contributed by atoms with Crippen molar-refractivity contribution in [2.24, 2.45) is 0 Å². The van der Waals surface area contributed by atoms with Gasteiger partial charge in [0.1, 0.15) is 0 Å². The third-order valence-electron chi connectivity index (χ3n) is 8.31. The lowest BCUT2D eigenvalue weighted by molar-refractivity contribution is 0.0342. The van der Waals surface area contributed by atoms with Crippen LogP contribution in [0.3, 0.4) is 0 Å². The van der Waals surface area contributed by atoms with Crippen LogP contribution in [-0.4, -0.2) is 28.9 Å². The molecule has 1 rings (SSSR count). The summed E-state index contributed by atoms with van der Waals surface area (Å²) in [7, 11) is -2.30. The third kappa shape index (κ3) is 6.74. The van der Waals surface area contributed by atoms with Gasteiger partial charge in [-0.3, -0.25) is 0 Å². The molecule has 190 valence electrons. The van der Waals surface area contributed by atoms with Crippen LogP contribution < -0.4 is 0 Å². The van der Waals surface area contributed by atoms with Crippen molar-refractivity contribution in [3.63, 3.8) is 0 Å². The molecule has 1 aromatic heterocycles. The quantitative estimate of drug-likeness (QED) is 0.203. The van der Waals surface area contributed by atoms with Crippen molar-refractivity contribution in [1.82, 2.24) is 0 Å². The molecule has 0 amide bonds. The first kappa shape index (κ1) is 30.4. The molecule has 6 unspecified atom stereocenters. The molecule has 0 saturated carbocycles. The minimum atomic E-state index is -1.15. The molecule has 1 aromatic rings. The molecule has 0 N–H and O–H groups in total. The summed E-state index contributed by atoms with van der Waals surface area (Å²) in [5, 5.41) is 3.38. The second kappa shape index (κ2) is 14.1. The molecule has 0 aliphatic heterocycles. The Labute approximate surface area is 209 Å². The second-order valence-corrected chi connectivity index (χ2v) is 16.8. The number of carbonyl (C=O) groups excluding carboxylic acids is 1. The van der Waals surface area contributed by atoms with Crippen LogP contribution in [0.25, 0.3) is 0 Å². The fraction of sp³-hybridized carbons (Fsp3) is 0.828. The van der Waals surface area contributed by atoms with E-state index in [1.807, 2.05) is 0 Å². The first-order valence-electron chi connectivity index (χ1n) is 14.0. The van der Waals surface area contributed by atoms with E-state index in [4.69, 9.17) is 4.74 Å². The summed E-state index contributed by atoms with van der Waals surface area (Å²) in [6.07, 6.45) is 6.60. The largest absolute Gasteiger partial charge is 0.460 e. The molecule has 4 heteroatoms. The summed E-state index contributed by atoms with van der Waals surface area (Å²) < 4.78 is 6.17. The van der Waals surface area contributed by atoms with Gasteiger partial charge in [0.05, 0.1) is 22.9 Å². The van der Waals surface area contributed by atoms with Crippen LogP contribution in [0.2, 0.25) is 0 Å². The Morgan fingerprint density at radius 1 is 0.636 bits per heavy atom. The van der Waals surface area contributed by atoms with E-state index >= 15 is 0 Å². The molecular weight excluding hydrogens is 436 g/mol. The summed E-state index contributed by atoms with van der Waals surface area (Å²) in [6, 6.07) is 0. The van der Waals surface area contributed by atoms with Crippen LogP contribution in [0.5, 0.6) is 0 Å². The van der Waals surface area contributed by atoms with Gasteiger partial charge in [0.2, 0.25) is 0 Å². The van der Waals surface area contributed by atoms with Gasteiger partial charge in [-0.2, -0.15) is 0 Å². The summed E-state index contributed by atoms with van der Waals surface area (Å²) in [4.78, 5) is 15.3. The average molecular weight is 491 g/mol. The maximum absolute atomic E-state index is 14.0. The van der Waals surface area contributed by atoms with E-state index in [1.54, 1.807) is 15.9 Å². The average Bonchev–Trinajstić information content (AvgIpc) is 2.83. The zero-order valence-electron chi connectivity index (χ0n) is 24.0. The molecule has 0 aliphatic rings. The normalized spacial score (nSPS) is 17.2. The molecule has 0 spiro atoms. The number of hydrogen-bond acceptors (Lipinski definition) is 2. The Kier molecular flexibility index (Phi) is 13.0. The van der Waals surface area contributed by atoms with Gasteiger partial charge in [-0.15, -0.1) is 0 Å². The molecule has 1 heterocycles. The van der Waals surface area contributed by atoms with Crippen molar-refractivity contribution in [1.29, 1.82) is 0 Å². The monoisotopic (exact) mass is 490 g/mol. The van der Waals surface area contributed by atoms with Gasteiger partial charge in [0.15, 0.2) is 0 Å². The minimum absolute atomic E-state index is 0.00981. The zero-order chi connectivity index (χ0) is 25.5. The van der Waals surface area contributed by atoms with E-state index in [9.17, 15) is 4.79 Å². The Hall–Kier alpha value is -0.616. The van der Waals surface area contributed by atoms with Gasteiger partial charge in [0, 0.05) is 4.79 Å². The van der Waals surface area contributed by atoms with Crippen molar-refractivity contribution >= 4 is 22.8 Å². The number of carbonyl (C=O) groups is 1. The van der Waals surface area contributed by atoms with Gasteiger partial charge in [0.25, 0.3) is 0 Å². The van der Waals surface area contributed by atoms with Crippen molar-refractivity contribution in [2.75, 3.05) is 0 Å². The van der Waals surface area contributed by atoms with E-state index in [1.165, 1.54) is 11.2 Å². The van der Waals surface area contributed by atoms with E-state index in [0.717, 1.165) is 32.1 Å². The molecule has 0 radical (unpaired) electrons. The van der Waals surface area contributed by atoms with Crippen LogP contribution in [0.1, 0.15) is 176 Å². The Balaban J connectivity index is 4.42. The highest BCUT2D eigenvalue weighted by Crippen LogP contribution is 2.41. The second-order valence-electron chi connectivity index (χ2n) is 10.6. The van der Waals surface area contributed by atoms with Gasteiger partial charge in [-0.25, -0.2) is 4.79 Å². The van der Waals surface area contributed by atoms with E-state index in [2.05, 4.69) is 83.1 Å². The molecule has 0 aliphatic carbocycles. The maximum atomic E-state index is 14.0.